The number of hydrogen-bond donors (Lipinski definition) is 1. The first kappa shape index (κ1) is 15.6. The van der Waals surface area contributed by atoms with E-state index in [0.29, 0.717) is 23.0 Å². The zero-order chi connectivity index (χ0) is 17.8. The van der Waals surface area contributed by atoms with Gasteiger partial charge in [0.1, 0.15) is 5.69 Å². The van der Waals surface area contributed by atoms with Gasteiger partial charge in [0.15, 0.2) is 0 Å². The second-order valence-electron chi connectivity index (χ2n) is 5.38. The largest absolute Gasteiger partial charge is 0.334 e. The summed E-state index contributed by atoms with van der Waals surface area (Å²) in [5.41, 5.74) is 2.24. The van der Waals surface area contributed by atoms with Crippen molar-refractivity contribution in [2.24, 2.45) is 0 Å². The van der Waals surface area contributed by atoms with E-state index in [2.05, 4.69) is 25.4 Å². The molecule has 0 aliphatic rings. The Morgan fingerprint density at radius 2 is 1.77 bits per heavy atom. The molecule has 126 valence electrons. The topological polar surface area (TPSA) is 93.8 Å². The van der Waals surface area contributed by atoms with Crippen LogP contribution in [-0.2, 0) is 0 Å². The molecule has 0 spiro atoms. The van der Waals surface area contributed by atoms with Crippen molar-refractivity contribution < 1.29 is 9.32 Å². The van der Waals surface area contributed by atoms with Crippen LogP contribution in [-0.4, -0.2) is 26.0 Å². The molecule has 0 saturated carbocycles. The first-order valence-corrected chi connectivity index (χ1v) is 7.87. The van der Waals surface area contributed by atoms with Crippen LogP contribution < -0.4 is 5.32 Å². The molecule has 0 radical (unpaired) electrons. The van der Waals surface area contributed by atoms with Crippen LogP contribution in [0.4, 0.5) is 5.69 Å². The van der Waals surface area contributed by atoms with Crippen molar-refractivity contribution >= 4 is 11.6 Å². The van der Waals surface area contributed by atoms with E-state index in [4.69, 9.17) is 4.52 Å². The van der Waals surface area contributed by atoms with Gasteiger partial charge in [-0.05, 0) is 12.1 Å². The molecule has 0 unspecified atom stereocenters. The number of benzene rings is 2. The van der Waals surface area contributed by atoms with Crippen molar-refractivity contribution in [1.82, 2.24) is 20.1 Å². The second kappa shape index (κ2) is 6.94. The Morgan fingerprint density at radius 1 is 0.962 bits per heavy atom. The minimum atomic E-state index is -0.367. The number of carbonyl (C=O) groups is 1. The highest BCUT2D eigenvalue weighted by molar-refractivity contribution is 6.04. The van der Waals surface area contributed by atoms with E-state index in [-0.39, 0.29) is 11.6 Å². The molecule has 1 amide bonds. The van der Waals surface area contributed by atoms with Gasteiger partial charge in [-0.3, -0.25) is 9.78 Å². The number of anilines is 1. The van der Waals surface area contributed by atoms with E-state index < -0.39 is 0 Å². The fourth-order valence-electron chi connectivity index (χ4n) is 2.42. The van der Waals surface area contributed by atoms with Gasteiger partial charge in [0.2, 0.25) is 5.82 Å². The molecule has 1 N–H and O–H groups in total. The fraction of sp³-hybridized carbons (Fsp3) is 0. The van der Waals surface area contributed by atoms with E-state index in [9.17, 15) is 4.79 Å². The summed E-state index contributed by atoms with van der Waals surface area (Å²) in [4.78, 5) is 24.7. The molecule has 2 aromatic heterocycles. The Bertz CT molecular complexity index is 1030. The molecule has 26 heavy (non-hydrogen) atoms. The molecule has 0 aliphatic heterocycles. The third-order valence-electron chi connectivity index (χ3n) is 3.66. The summed E-state index contributed by atoms with van der Waals surface area (Å²) in [5.74, 6) is 0.433. The van der Waals surface area contributed by atoms with Crippen LogP contribution in [0, 0.1) is 0 Å². The van der Waals surface area contributed by atoms with Crippen molar-refractivity contribution in [3.05, 3.63) is 78.9 Å². The molecule has 2 aromatic carbocycles. The highest BCUT2D eigenvalue weighted by Gasteiger charge is 2.16. The molecule has 4 aromatic rings. The van der Waals surface area contributed by atoms with Crippen molar-refractivity contribution in [3.8, 4) is 22.8 Å². The maximum absolute atomic E-state index is 12.3. The molecule has 4 rings (SSSR count). The lowest BCUT2D eigenvalue weighted by molar-refractivity contribution is 0.102. The quantitative estimate of drug-likeness (QED) is 0.610. The van der Waals surface area contributed by atoms with Gasteiger partial charge in [-0.2, -0.15) is 4.98 Å². The summed E-state index contributed by atoms with van der Waals surface area (Å²) < 4.78 is 5.39. The third-order valence-corrected chi connectivity index (χ3v) is 3.66. The minimum Gasteiger partial charge on any atom is -0.334 e. The molecule has 2 heterocycles. The van der Waals surface area contributed by atoms with Crippen LogP contribution in [0.25, 0.3) is 22.8 Å². The summed E-state index contributed by atoms with van der Waals surface area (Å²) in [5, 5.41) is 6.83. The first-order chi connectivity index (χ1) is 12.8. The number of nitrogens with one attached hydrogen (secondary N) is 1. The highest BCUT2D eigenvalue weighted by atomic mass is 16.5. The Kier molecular flexibility index (Phi) is 4.17. The minimum absolute atomic E-state index is 0.220. The van der Waals surface area contributed by atoms with Crippen LogP contribution in [0.5, 0.6) is 0 Å². The number of rotatable bonds is 4. The molecule has 0 bridgehead atoms. The van der Waals surface area contributed by atoms with Gasteiger partial charge in [0, 0.05) is 18.0 Å². The Hall–Kier alpha value is -3.87. The van der Waals surface area contributed by atoms with Gasteiger partial charge < -0.3 is 9.84 Å². The Labute approximate surface area is 148 Å². The number of carbonyl (C=O) groups excluding carboxylic acids is 1. The van der Waals surface area contributed by atoms with Gasteiger partial charge >= 0.3 is 0 Å². The number of nitrogens with zero attached hydrogens (tertiary/aromatic N) is 4. The lowest BCUT2D eigenvalue weighted by Crippen LogP contribution is -2.14. The Morgan fingerprint density at radius 3 is 2.58 bits per heavy atom. The van der Waals surface area contributed by atoms with E-state index in [1.54, 1.807) is 12.1 Å². The zero-order valence-electron chi connectivity index (χ0n) is 13.5. The fourth-order valence-corrected chi connectivity index (χ4v) is 2.42. The van der Waals surface area contributed by atoms with Crippen LogP contribution >= 0.6 is 0 Å². The average molecular weight is 343 g/mol. The van der Waals surface area contributed by atoms with E-state index >= 15 is 0 Å². The molecule has 0 atom stereocenters. The zero-order valence-corrected chi connectivity index (χ0v) is 13.5. The van der Waals surface area contributed by atoms with Gasteiger partial charge in [-0.15, -0.1) is 0 Å². The smallest absolute Gasteiger partial charge is 0.275 e. The van der Waals surface area contributed by atoms with Gasteiger partial charge in [-0.1, -0.05) is 47.6 Å². The average Bonchev–Trinajstić information content (AvgIpc) is 3.20. The van der Waals surface area contributed by atoms with Crippen molar-refractivity contribution in [3.63, 3.8) is 0 Å². The molecule has 7 heteroatoms. The summed E-state index contributed by atoms with van der Waals surface area (Å²) in [6.07, 6.45) is 4.37. The number of hydrogen-bond acceptors (Lipinski definition) is 6. The van der Waals surface area contributed by atoms with E-state index in [0.717, 1.165) is 5.56 Å². The SMILES string of the molecule is O=C(Nc1ccccc1-c1nc(-c2ccccc2)no1)c1cnccn1. The predicted molar refractivity (Wildman–Crippen MR) is 95.2 cm³/mol. The van der Waals surface area contributed by atoms with E-state index in [1.807, 2.05) is 42.5 Å². The lowest BCUT2D eigenvalue weighted by atomic mass is 10.1. The number of amides is 1. The maximum atomic E-state index is 12.3. The van der Waals surface area contributed by atoms with Crippen molar-refractivity contribution in [2.75, 3.05) is 5.32 Å². The monoisotopic (exact) mass is 343 g/mol. The predicted octanol–water partition coefficient (Wildman–Crippen LogP) is 3.45. The molecule has 0 aliphatic carbocycles. The summed E-state index contributed by atoms with van der Waals surface area (Å²) >= 11 is 0. The normalized spacial score (nSPS) is 10.5. The van der Waals surface area contributed by atoms with E-state index in [1.165, 1.54) is 18.6 Å². The van der Waals surface area contributed by atoms with Gasteiger partial charge in [-0.25, -0.2) is 4.98 Å². The molecule has 0 fully saturated rings. The standard InChI is InChI=1S/C19H13N5O2/c25-18(16-12-20-10-11-21-16)22-15-9-5-4-8-14(15)19-23-17(24-26-19)13-6-2-1-3-7-13/h1-12H,(H,22,25). The van der Waals surface area contributed by atoms with Crippen molar-refractivity contribution in [2.45, 2.75) is 0 Å². The third kappa shape index (κ3) is 3.18. The first-order valence-electron chi connectivity index (χ1n) is 7.87. The second-order valence-corrected chi connectivity index (χ2v) is 5.38. The maximum Gasteiger partial charge on any atom is 0.275 e. The molecule has 0 saturated heterocycles. The lowest BCUT2D eigenvalue weighted by Gasteiger charge is -2.07. The van der Waals surface area contributed by atoms with Crippen LogP contribution in [0.15, 0.2) is 77.7 Å². The summed E-state index contributed by atoms with van der Waals surface area (Å²) in [7, 11) is 0. The summed E-state index contributed by atoms with van der Waals surface area (Å²) in [6.45, 7) is 0. The van der Waals surface area contributed by atoms with Gasteiger partial charge in [0.05, 0.1) is 17.4 Å². The highest BCUT2D eigenvalue weighted by Crippen LogP contribution is 2.28. The molecule has 7 nitrogen and oxygen atoms in total. The van der Waals surface area contributed by atoms with Crippen molar-refractivity contribution in [1.29, 1.82) is 0 Å². The number of aromatic nitrogens is 4. The summed E-state index contributed by atoms with van der Waals surface area (Å²) in [6, 6.07) is 16.7. The van der Waals surface area contributed by atoms with Crippen LogP contribution in [0.2, 0.25) is 0 Å². The van der Waals surface area contributed by atoms with Crippen LogP contribution in [0.3, 0.4) is 0 Å². The van der Waals surface area contributed by atoms with Crippen LogP contribution in [0.1, 0.15) is 10.5 Å². The Balaban J connectivity index is 1.64. The number of para-hydroxylation sites is 1. The van der Waals surface area contributed by atoms with Gasteiger partial charge in [0.25, 0.3) is 11.8 Å². The molecular weight excluding hydrogens is 330 g/mol. The molecular formula is C19H13N5O2.